The maximum Gasteiger partial charge on any atom is 0.166 e. The van der Waals surface area contributed by atoms with Gasteiger partial charge in [0.05, 0.1) is 0 Å². The quantitative estimate of drug-likeness (QED) is 0.836. The molecule has 0 saturated carbocycles. The van der Waals surface area contributed by atoms with Crippen LogP contribution in [0.1, 0.15) is 33.3 Å². The second-order valence-corrected chi connectivity index (χ2v) is 6.27. The molecule has 0 N–H and O–H groups in total. The van der Waals surface area contributed by atoms with Crippen molar-refractivity contribution in [2.75, 3.05) is 6.61 Å². The van der Waals surface area contributed by atoms with E-state index in [1.807, 2.05) is 33.8 Å². The van der Waals surface area contributed by atoms with Crippen LogP contribution in [0.5, 0.6) is 0 Å². The molecular formula is C14H20BrNO2. The highest BCUT2D eigenvalue weighted by atomic mass is 79.9. The second-order valence-electron chi connectivity index (χ2n) is 5.36. The molecule has 1 aromatic heterocycles. The zero-order chi connectivity index (χ0) is 13.8. The van der Waals surface area contributed by atoms with Crippen molar-refractivity contribution in [2.45, 2.75) is 40.2 Å². The summed E-state index contributed by atoms with van der Waals surface area (Å²) in [6.45, 7) is 8.51. The van der Waals surface area contributed by atoms with Crippen LogP contribution in [0.25, 0.3) is 0 Å². The number of rotatable bonds is 5. The molecule has 1 aromatic rings. The van der Waals surface area contributed by atoms with Crippen LogP contribution in [0.3, 0.4) is 0 Å². The summed E-state index contributed by atoms with van der Waals surface area (Å²) in [5.74, 6) is 0.101. The first kappa shape index (κ1) is 15.3. The number of Topliss-reactive ketones (excluding diaryl/α,β-unsaturated/α-hetero) is 1. The van der Waals surface area contributed by atoms with E-state index in [4.69, 9.17) is 4.74 Å². The SMILES string of the molecule is CCOC(C(=O)Cc1cncc(Br)c1)C(C)(C)C. The molecule has 0 bridgehead atoms. The molecule has 0 fully saturated rings. The summed E-state index contributed by atoms with van der Waals surface area (Å²) >= 11 is 3.35. The first-order chi connectivity index (χ1) is 8.34. The number of ketones is 1. The summed E-state index contributed by atoms with van der Waals surface area (Å²) in [4.78, 5) is 16.4. The largest absolute Gasteiger partial charge is 0.370 e. The number of carbonyl (C=O) groups excluding carboxylic acids is 1. The van der Waals surface area contributed by atoms with Gasteiger partial charge in [-0.3, -0.25) is 9.78 Å². The molecule has 0 radical (unpaired) electrons. The molecule has 0 aromatic carbocycles. The van der Waals surface area contributed by atoms with Gasteiger partial charge < -0.3 is 4.74 Å². The van der Waals surface area contributed by atoms with Crippen LogP contribution in [0, 0.1) is 5.41 Å². The lowest BCUT2D eigenvalue weighted by Crippen LogP contribution is -2.38. The van der Waals surface area contributed by atoms with Gasteiger partial charge in [0.25, 0.3) is 0 Å². The van der Waals surface area contributed by atoms with E-state index >= 15 is 0 Å². The van der Waals surface area contributed by atoms with Gasteiger partial charge in [-0.15, -0.1) is 0 Å². The Labute approximate surface area is 117 Å². The van der Waals surface area contributed by atoms with Crippen LogP contribution >= 0.6 is 15.9 Å². The highest BCUT2D eigenvalue weighted by molar-refractivity contribution is 9.10. The van der Waals surface area contributed by atoms with Gasteiger partial charge >= 0.3 is 0 Å². The van der Waals surface area contributed by atoms with Gasteiger partial charge in [-0.25, -0.2) is 0 Å². The van der Waals surface area contributed by atoms with Crippen molar-refractivity contribution >= 4 is 21.7 Å². The molecule has 0 saturated heterocycles. The fraction of sp³-hybridized carbons (Fsp3) is 0.571. The third-order valence-corrected chi connectivity index (χ3v) is 2.99. The average molecular weight is 314 g/mol. The molecule has 0 spiro atoms. The molecule has 1 unspecified atom stereocenters. The molecule has 1 heterocycles. The molecule has 3 nitrogen and oxygen atoms in total. The van der Waals surface area contributed by atoms with Crippen molar-refractivity contribution in [3.63, 3.8) is 0 Å². The van der Waals surface area contributed by atoms with Crippen molar-refractivity contribution in [1.82, 2.24) is 4.98 Å². The van der Waals surface area contributed by atoms with Gasteiger partial charge in [0.15, 0.2) is 5.78 Å². The summed E-state index contributed by atoms with van der Waals surface area (Å²) in [7, 11) is 0. The lowest BCUT2D eigenvalue weighted by molar-refractivity contribution is -0.136. The first-order valence-corrected chi connectivity index (χ1v) is 6.87. The number of halogens is 1. The molecule has 0 amide bonds. The molecule has 18 heavy (non-hydrogen) atoms. The second kappa shape index (κ2) is 6.43. The van der Waals surface area contributed by atoms with E-state index < -0.39 is 0 Å². The molecule has 1 rings (SSSR count). The number of ether oxygens (including phenoxy) is 1. The highest BCUT2D eigenvalue weighted by Crippen LogP contribution is 2.24. The maximum atomic E-state index is 12.3. The van der Waals surface area contributed by atoms with Crippen LogP contribution in [0.2, 0.25) is 0 Å². The Balaban J connectivity index is 2.79. The van der Waals surface area contributed by atoms with Gasteiger partial charge in [-0.05, 0) is 39.9 Å². The van der Waals surface area contributed by atoms with E-state index in [1.165, 1.54) is 0 Å². The summed E-state index contributed by atoms with van der Waals surface area (Å²) in [5, 5.41) is 0. The Hall–Kier alpha value is -0.740. The number of carbonyl (C=O) groups is 1. The predicted molar refractivity (Wildman–Crippen MR) is 75.5 cm³/mol. The molecule has 0 aliphatic carbocycles. The van der Waals surface area contributed by atoms with Crippen molar-refractivity contribution in [3.8, 4) is 0 Å². The Morgan fingerprint density at radius 1 is 1.44 bits per heavy atom. The third kappa shape index (κ3) is 4.50. The minimum absolute atomic E-state index is 0.101. The third-order valence-electron chi connectivity index (χ3n) is 2.55. The Morgan fingerprint density at radius 2 is 2.11 bits per heavy atom. The lowest BCUT2D eigenvalue weighted by atomic mass is 9.85. The monoisotopic (exact) mass is 313 g/mol. The van der Waals surface area contributed by atoms with E-state index in [0.29, 0.717) is 13.0 Å². The van der Waals surface area contributed by atoms with Crippen molar-refractivity contribution < 1.29 is 9.53 Å². The van der Waals surface area contributed by atoms with Gasteiger partial charge in [-0.2, -0.15) is 0 Å². The zero-order valence-corrected chi connectivity index (χ0v) is 13.0. The molecule has 1 atom stereocenters. The lowest BCUT2D eigenvalue weighted by Gasteiger charge is -2.29. The molecule has 100 valence electrons. The van der Waals surface area contributed by atoms with E-state index in [0.717, 1.165) is 10.0 Å². The van der Waals surface area contributed by atoms with Gasteiger partial charge in [0, 0.05) is 29.9 Å². The first-order valence-electron chi connectivity index (χ1n) is 6.08. The summed E-state index contributed by atoms with van der Waals surface area (Å²) in [6.07, 6.45) is 3.40. The summed E-state index contributed by atoms with van der Waals surface area (Å²) in [6, 6.07) is 1.91. The van der Waals surface area contributed by atoms with Crippen LogP contribution in [0.15, 0.2) is 22.9 Å². The summed E-state index contributed by atoms with van der Waals surface area (Å²) in [5.41, 5.74) is 0.718. The van der Waals surface area contributed by atoms with Gasteiger partial charge in [-0.1, -0.05) is 20.8 Å². The van der Waals surface area contributed by atoms with E-state index in [1.54, 1.807) is 12.4 Å². The van der Waals surface area contributed by atoms with E-state index in [2.05, 4.69) is 20.9 Å². The standard InChI is InChI=1S/C14H20BrNO2/c1-5-18-13(14(2,3)4)12(17)7-10-6-11(15)9-16-8-10/h6,8-9,13H,5,7H2,1-4H3. The number of pyridine rings is 1. The molecule has 0 aliphatic rings. The fourth-order valence-corrected chi connectivity index (χ4v) is 2.25. The normalized spacial score (nSPS) is 13.4. The van der Waals surface area contributed by atoms with Crippen LogP contribution < -0.4 is 0 Å². The van der Waals surface area contributed by atoms with Crippen LogP contribution in [-0.2, 0) is 16.0 Å². The van der Waals surface area contributed by atoms with Gasteiger partial charge in [0.1, 0.15) is 6.10 Å². The maximum absolute atomic E-state index is 12.3. The highest BCUT2D eigenvalue weighted by Gasteiger charge is 2.31. The van der Waals surface area contributed by atoms with Crippen LogP contribution in [-0.4, -0.2) is 23.5 Å². The molecular weight excluding hydrogens is 294 g/mol. The minimum atomic E-state index is -0.374. The molecule has 4 heteroatoms. The minimum Gasteiger partial charge on any atom is -0.370 e. The number of hydrogen-bond acceptors (Lipinski definition) is 3. The Kier molecular flexibility index (Phi) is 5.47. The summed E-state index contributed by atoms with van der Waals surface area (Å²) < 4.78 is 6.47. The van der Waals surface area contributed by atoms with Crippen LogP contribution in [0.4, 0.5) is 0 Å². The average Bonchev–Trinajstić information content (AvgIpc) is 2.24. The van der Waals surface area contributed by atoms with Crippen molar-refractivity contribution in [3.05, 3.63) is 28.5 Å². The predicted octanol–water partition coefficient (Wildman–Crippen LogP) is 3.41. The molecule has 0 aliphatic heterocycles. The fourth-order valence-electron chi connectivity index (χ4n) is 1.84. The zero-order valence-electron chi connectivity index (χ0n) is 11.4. The van der Waals surface area contributed by atoms with E-state index in [9.17, 15) is 4.79 Å². The topological polar surface area (TPSA) is 39.2 Å². The number of nitrogens with zero attached hydrogens (tertiary/aromatic N) is 1. The number of aromatic nitrogens is 1. The van der Waals surface area contributed by atoms with Crippen molar-refractivity contribution in [2.24, 2.45) is 5.41 Å². The van der Waals surface area contributed by atoms with Gasteiger partial charge in [0.2, 0.25) is 0 Å². The number of hydrogen-bond donors (Lipinski definition) is 0. The smallest absolute Gasteiger partial charge is 0.166 e. The van der Waals surface area contributed by atoms with E-state index in [-0.39, 0.29) is 17.3 Å². The Bertz CT molecular complexity index is 413. The Morgan fingerprint density at radius 3 is 2.61 bits per heavy atom. The van der Waals surface area contributed by atoms with Crippen molar-refractivity contribution in [1.29, 1.82) is 0 Å².